The second-order valence-electron chi connectivity index (χ2n) is 7.32. The largest absolute Gasteiger partial charge is 0.497 e. The summed E-state index contributed by atoms with van der Waals surface area (Å²) in [7, 11) is 1.65. The van der Waals surface area contributed by atoms with Gasteiger partial charge in [-0.25, -0.2) is 9.59 Å². The van der Waals surface area contributed by atoms with Crippen molar-refractivity contribution in [3.8, 4) is 5.75 Å². The Balaban J connectivity index is 0.000000375. The van der Waals surface area contributed by atoms with Gasteiger partial charge < -0.3 is 14.2 Å². The van der Waals surface area contributed by atoms with Gasteiger partial charge in [0.1, 0.15) is 5.75 Å². The molecule has 0 N–H and O–H groups in total. The van der Waals surface area contributed by atoms with Crippen molar-refractivity contribution in [2.75, 3.05) is 20.3 Å². The van der Waals surface area contributed by atoms with E-state index in [-0.39, 0.29) is 31.4 Å². The maximum atomic E-state index is 12.0. The topological polar surface area (TPSA) is 78.9 Å². The first kappa shape index (κ1) is 25.3. The molecule has 0 aliphatic heterocycles. The third-order valence-corrected chi connectivity index (χ3v) is 4.15. The number of benzene rings is 2. The van der Waals surface area contributed by atoms with E-state index in [1.54, 1.807) is 55.6 Å². The summed E-state index contributed by atoms with van der Waals surface area (Å²) in [5.41, 5.74) is 0.504. The van der Waals surface area contributed by atoms with Gasteiger partial charge in [-0.3, -0.25) is 4.57 Å². The second kappa shape index (κ2) is 13.5. The molecule has 0 heterocycles. The molecular formula is C23H29O6P. The van der Waals surface area contributed by atoms with Crippen LogP contribution in [0.1, 0.15) is 48.4 Å². The number of rotatable bonds is 8. The molecule has 0 saturated carbocycles. The van der Waals surface area contributed by atoms with Crippen molar-refractivity contribution in [3.63, 3.8) is 0 Å². The molecule has 0 atom stereocenters. The monoisotopic (exact) mass is 432 g/mol. The molecule has 0 radical (unpaired) electrons. The van der Waals surface area contributed by atoms with E-state index in [9.17, 15) is 14.2 Å². The molecule has 0 aliphatic rings. The highest BCUT2D eigenvalue weighted by molar-refractivity contribution is 7.34. The van der Waals surface area contributed by atoms with Crippen LogP contribution in [0, 0.1) is 11.8 Å². The number of hydrogen-bond acceptors (Lipinski definition) is 6. The summed E-state index contributed by atoms with van der Waals surface area (Å²) in [6.45, 7) is 8.47. The molecule has 6 nitrogen and oxygen atoms in total. The summed E-state index contributed by atoms with van der Waals surface area (Å²) in [6, 6.07) is 13.6. The van der Waals surface area contributed by atoms with Gasteiger partial charge in [0, 0.05) is 5.30 Å². The zero-order chi connectivity index (χ0) is 22.5. The molecule has 0 amide bonds. The van der Waals surface area contributed by atoms with Crippen LogP contribution in [0.4, 0.5) is 0 Å². The Morgan fingerprint density at radius 3 is 1.57 bits per heavy atom. The Kier molecular flexibility index (Phi) is 11.4. The number of methoxy groups -OCH3 is 1. The molecule has 30 heavy (non-hydrogen) atoms. The highest BCUT2D eigenvalue weighted by Gasteiger charge is 2.19. The highest BCUT2D eigenvalue weighted by atomic mass is 31.1. The van der Waals surface area contributed by atoms with Crippen molar-refractivity contribution in [1.82, 2.24) is 0 Å². The summed E-state index contributed by atoms with van der Waals surface area (Å²) in [6.07, 6.45) is 0. The summed E-state index contributed by atoms with van der Waals surface area (Å²) in [5, 5.41) is 0.765. The van der Waals surface area contributed by atoms with Gasteiger partial charge in [0.15, 0.2) is 8.46 Å². The third kappa shape index (κ3) is 9.19. The lowest BCUT2D eigenvalue weighted by Gasteiger charge is -2.11. The Morgan fingerprint density at radius 2 is 1.23 bits per heavy atom. The summed E-state index contributed by atoms with van der Waals surface area (Å²) >= 11 is 0. The van der Waals surface area contributed by atoms with Crippen LogP contribution in [-0.2, 0) is 14.0 Å². The number of esters is 2. The van der Waals surface area contributed by atoms with Gasteiger partial charge in [-0.15, -0.1) is 0 Å². The zero-order valence-electron chi connectivity index (χ0n) is 18.1. The average Bonchev–Trinajstić information content (AvgIpc) is 2.76. The maximum Gasteiger partial charge on any atom is 0.339 e. The van der Waals surface area contributed by atoms with E-state index < -0.39 is 11.9 Å². The van der Waals surface area contributed by atoms with Gasteiger partial charge in [0.05, 0.1) is 31.5 Å². The second-order valence-corrected chi connectivity index (χ2v) is 8.02. The van der Waals surface area contributed by atoms with Crippen LogP contribution < -0.4 is 10.0 Å². The van der Waals surface area contributed by atoms with Crippen LogP contribution in [0.5, 0.6) is 5.75 Å². The average molecular weight is 432 g/mol. The van der Waals surface area contributed by atoms with Crippen molar-refractivity contribution >= 4 is 25.7 Å². The Morgan fingerprint density at radius 1 is 0.800 bits per heavy atom. The predicted molar refractivity (Wildman–Crippen MR) is 117 cm³/mol. The lowest BCUT2D eigenvalue weighted by atomic mass is 10.1. The van der Waals surface area contributed by atoms with Crippen LogP contribution in [0.25, 0.3) is 0 Å². The fourth-order valence-corrected chi connectivity index (χ4v) is 2.39. The van der Waals surface area contributed by atoms with Crippen molar-refractivity contribution in [3.05, 3.63) is 59.7 Å². The van der Waals surface area contributed by atoms with E-state index in [4.69, 9.17) is 14.2 Å². The molecule has 0 spiro atoms. The lowest BCUT2D eigenvalue weighted by Crippen LogP contribution is -2.17. The van der Waals surface area contributed by atoms with Gasteiger partial charge in [-0.1, -0.05) is 39.8 Å². The fraction of sp³-hybridized carbons (Fsp3) is 0.391. The molecule has 0 saturated heterocycles. The maximum absolute atomic E-state index is 12.0. The van der Waals surface area contributed by atoms with E-state index >= 15 is 0 Å². The summed E-state index contributed by atoms with van der Waals surface area (Å²) in [5.74, 6) is 0.303. The minimum absolute atomic E-state index is 0.0523. The Hall–Kier alpha value is -2.72. The van der Waals surface area contributed by atoms with Crippen molar-refractivity contribution in [2.45, 2.75) is 27.7 Å². The third-order valence-electron chi connectivity index (χ3n) is 3.64. The molecule has 162 valence electrons. The number of carbonyl (C=O) groups is 2. The van der Waals surface area contributed by atoms with Gasteiger partial charge in [-0.2, -0.15) is 0 Å². The molecule has 2 rings (SSSR count). The van der Waals surface area contributed by atoms with Crippen molar-refractivity contribution < 1.29 is 28.4 Å². The first-order chi connectivity index (χ1) is 14.3. The standard InChI is InChI=1S/C16H22O4.C7H7O2P/c1-11(2)9-19-15(17)13-7-5-6-8-14(13)16(18)20-10-12(3)4;1-9-6-2-4-7(10-8)5-3-6/h5-8,11-12H,9-10H2,1-4H3;2-5H,1H3. The van der Waals surface area contributed by atoms with Gasteiger partial charge in [-0.05, 0) is 48.2 Å². The molecule has 0 aromatic heterocycles. The van der Waals surface area contributed by atoms with Crippen molar-refractivity contribution in [1.29, 1.82) is 0 Å². The number of hydrogen-bond donors (Lipinski definition) is 0. The van der Waals surface area contributed by atoms with Gasteiger partial charge >= 0.3 is 11.9 Å². The predicted octanol–water partition coefficient (Wildman–Crippen LogP) is 4.92. The van der Waals surface area contributed by atoms with E-state index in [1.165, 1.54) is 0 Å². The van der Waals surface area contributed by atoms with Crippen LogP contribution in [-0.4, -0.2) is 32.3 Å². The fourth-order valence-electron chi connectivity index (χ4n) is 2.12. The molecular weight excluding hydrogens is 403 g/mol. The Labute approximate surface area is 179 Å². The Bertz CT molecular complexity index is 772. The SMILES string of the molecule is CC(C)COC(=O)c1ccccc1C(=O)OCC(C)C.COc1ccc(P=O)cc1. The summed E-state index contributed by atoms with van der Waals surface area (Å²) in [4.78, 5) is 24.0. The van der Waals surface area contributed by atoms with Gasteiger partial charge in [0.25, 0.3) is 0 Å². The summed E-state index contributed by atoms with van der Waals surface area (Å²) < 4.78 is 25.5. The van der Waals surface area contributed by atoms with E-state index in [2.05, 4.69) is 0 Å². The minimum Gasteiger partial charge on any atom is -0.497 e. The minimum atomic E-state index is -0.490. The molecule has 0 fully saturated rings. The quantitative estimate of drug-likeness (QED) is 0.435. The number of ether oxygens (including phenoxy) is 3. The number of carbonyl (C=O) groups excluding carboxylic acids is 2. The van der Waals surface area contributed by atoms with Crippen LogP contribution in [0.15, 0.2) is 48.5 Å². The first-order valence-corrected chi connectivity index (χ1v) is 10.5. The lowest BCUT2D eigenvalue weighted by molar-refractivity contribution is 0.0412. The van der Waals surface area contributed by atoms with E-state index in [0.717, 1.165) is 11.1 Å². The molecule has 7 heteroatoms. The van der Waals surface area contributed by atoms with Gasteiger partial charge in [0.2, 0.25) is 0 Å². The van der Waals surface area contributed by atoms with Crippen molar-refractivity contribution in [2.24, 2.45) is 11.8 Å². The zero-order valence-corrected chi connectivity index (χ0v) is 19.0. The van der Waals surface area contributed by atoms with Crippen LogP contribution >= 0.6 is 8.46 Å². The normalized spacial score (nSPS) is 10.4. The molecule has 0 unspecified atom stereocenters. The first-order valence-electron chi connectivity index (χ1n) is 9.69. The highest BCUT2D eigenvalue weighted by Crippen LogP contribution is 2.13. The van der Waals surface area contributed by atoms with E-state index in [0.29, 0.717) is 13.2 Å². The smallest absolute Gasteiger partial charge is 0.339 e. The molecule has 2 aromatic rings. The van der Waals surface area contributed by atoms with E-state index in [1.807, 2.05) is 27.7 Å². The van der Waals surface area contributed by atoms with Crippen LogP contribution in [0.3, 0.4) is 0 Å². The molecule has 0 bridgehead atoms. The molecule has 2 aromatic carbocycles. The van der Waals surface area contributed by atoms with Crippen LogP contribution in [0.2, 0.25) is 0 Å². The molecule has 0 aliphatic carbocycles.